The summed E-state index contributed by atoms with van der Waals surface area (Å²) < 4.78 is 44.7. The van der Waals surface area contributed by atoms with Crippen LogP contribution in [0.2, 0.25) is 0 Å². The summed E-state index contributed by atoms with van der Waals surface area (Å²) in [6.45, 7) is 0.429. The van der Waals surface area contributed by atoms with Gasteiger partial charge >= 0.3 is 10.2 Å². The third-order valence-electron chi connectivity index (χ3n) is 3.61. The van der Waals surface area contributed by atoms with Crippen LogP contribution in [0, 0.1) is 5.92 Å². The zero-order valence-corrected chi connectivity index (χ0v) is 13.2. The topological polar surface area (TPSA) is 72.9 Å². The Bertz CT molecular complexity index is 639. The highest BCUT2D eigenvalue weighted by Crippen LogP contribution is 2.31. The average Bonchev–Trinajstić information content (AvgIpc) is 2.76. The Hall–Kier alpha value is -1.83. The lowest BCUT2D eigenvalue weighted by molar-refractivity contribution is -0.128. The molecule has 1 fully saturated rings. The van der Waals surface area contributed by atoms with Crippen LogP contribution in [0.1, 0.15) is 12.0 Å². The molecule has 0 aliphatic carbocycles. The molecule has 0 spiro atoms. The van der Waals surface area contributed by atoms with E-state index >= 15 is 0 Å². The van der Waals surface area contributed by atoms with Gasteiger partial charge in [0.2, 0.25) is 5.91 Å². The van der Waals surface area contributed by atoms with Crippen LogP contribution in [0.3, 0.4) is 0 Å². The smallest absolute Gasteiger partial charge is 0.302 e. The molecule has 6 nitrogen and oxygen atoms in total. The molecule has 1 saturated heterocycles. The van der Waals surface area contributed by atoms with Crippen molar-refractivity contribution >= 4 is 16.1 Å². The van der Waals surface area contributed by atoms with Gasteiger partial charge in [0, 0.05) is 18.9 Å². The standard InChI is InChI=1S/C14H18FNO5S/c1-20-12-4-3-5-13(21-2)11(12)8-16-7-10(6-14(16)17)9-22(15,18)19/h3-5,10H,6-9H2,1-2H3. The molecule has 0 saturated carbocycles. The van der Waals surface area contributed by atoms with Crippen molar-refractivity contribution < 1.29 is 26.6 Å². The van der Waals surface area contributed by atoms with E-state index in [1.807, 2.05) is 0 Å². The van der Waals surface area contributed by atoms with Gasteiger partial charge in [0.1, 0.15) is 11.5 Å². The first kappa shape index (κ1) is 16.5. The summed E-state index contributed by atoms with van der Waals surface area (Å²) in [4.78, 5) is 13.5. The van der Waals surface area contributed by atoms with E-state index < -0.39 is 21.9 Å². The van der Waals surface area contributed by atoms with Crippen molar-refractivity contribution in [1.82, 2.24) is 4.90 Å². The summed E-state index contributed by atoms with van der Waals surface area (Å²) in [5.74, 6) is -0.203. The average molecular weight is 331 g/mol. The second-order valence-electron chi connectivity index (χ2n) is 5.19. The third kappa shape index (κ3) is 3.88. The molecule has 1 atom stereocenters. The Morgan fingerprint density at radius 1 is 1.27 bits per heavy atom. The highest BCUT2D eigenvalue weighted by atomic mass is 32.3. The molecule has 0 radical (unpaired) electrons. The number of methoxy groups -OCH3 is 2. The summed E-state index contributed by atoms with van der Waals surface area (Å²) in [6.07, 6.45) is 0.0284. The maximum atomic E-state index is 12.8. The number of ether oxygens (including phenoxy) is 2. The fourth-order valence-electron chi connectivity index (χ4n) is 2.67. The molecule has 1 aromatic rings. The Morgan fingerprint density at radius 2 is 1.86 bits per heavy atom. The fourth-order valence-corrected chi connectivity index (χ4v) is 3.46. The number of amides is 1. The van der Waals surface area contributed by atoms with Gasteiger partial charge < -0.3 is 14.4 Å². The van der Waals surface area contributed by atoms with E-state index in [9.17, 15) is 17.1 Å². The number of halogens is 1. The van der Waals surface area contributed by atoms with Crippen LogP contribution in [0.4, 0.5) is 3.89 Å². The van der Waals surface area contributed by atoms with Crippen molar-refractivity contribution in [3.8, 4) is 11.5 Å². The second kappa shape index (κ2) is 6.51. The van der Waals surface area contributed by atoms with Crippen molar-refractivity contribution in [2.45, 2.75) is 13.0 Å². The number of nitrogens with zero attached hydrogens (tertiary/aromatic N) is 1. The molecule has 1 amide bonds. The maximum Gasteiger partial charge on any atom is 0.302 e. The first-order valence-corrected chi connectivity index (χ1v) is 8.29. The van der Waals surface area contributed by atoms with Crippen molar-refractivity contribution in [1.29, 1.82) is 0 Å². The molecule has 8 heteroatoms. The van der Waals surface area contributed by atoms with Gasteiger partial charge in [-0.25, -0.2) is 0 Å². The molecule has 0 N–H and O–H groups in total. The van der Waals surface area contributed by atoms with Gasteiger partial charge in [0.05, 0.1) is 32.1 Å². The van der Waals surface area contributed by atoms with E-state index in [0.717, 1.165) is 0 Å². The minimum absolute atomic E-state index is 0.0284. The van der Waals surface area contributed by atoms with Gasteiger partial charge in [-0.15, -0.1) is 3.89 Å². The van der Waals surface area contributed by atoms with E-state index in [1.54, 1.807) is 18.2 Å². The molecule has 1 heterocycles. The zero-order valence-electron chi connectivity index (χ0n) is 12.4. The quantitative estimate of drug-likeness (QED) is 0.736. The molecule has 1 aliphatic heterocycles. The van der Waals surface area contributed by atoms with Gasteiger partial charge in [-0.2, -0.15) is 8.42 Å². The molecule has 1 unspecified atom stereocenters. The summed E-state index contributed by atoms with van der Waals surface area (Å²) in [5.41, 5.74) is 0.699. The predicted molar refractivity (Wildman–Crippen MR) is 78.0 cm³/mol. The minimum Gasteiger partial charge on any atom is -0.496 e. The van der Waals surface area contributed by atoms with E-state index in [0.29, 0.717) is 17.1 Å². The van der Waals surface area contributed by atoms with Crippen LogP contribution in [0.25, 0.3) is 0 Å². The van der Waals surface area contributed by atoms with Crippen molar-refractivity contribution in [3.05, 3.63) is 23.8 Å². The summed E-state index contributed by atoms with van der Waals surface area (Å²) in [7, 11) is -1.55. The van der Waals surface area contributed by atoms with Gasteiger partial charge in [0.25, 0.3) is 0 Å². The van der Waals surface area contributed by atoms with Crippen LogP contribution in [-0.4, -0.2) is 45.7 Å². The SMILES string of the molecule is COc1cccc(OC)c1CN1CC(CS(=O)(=O)F)CC1=O. The first-order chi connectivity index (χ1) is 10.3. The summed E-state index contributed by atoms with van der Waals surface area (Å²) in [6, 6.07) is 5.27. The van der Waals surface area contributed by atoms with Gasteiger partial charge in [0.15, 0.2) is 0 Å². The van der Waals surface area contributed by atoms with E-state index in [4.69, 9.17) is 9.47 Å². The Morgan fingerprint density at radius 3 is 2.36 bits per heavy atom. The van der Waals surface area contributed by atoms with Gasteiger partial charge in [-0.05, 0) is 12.1 Å². The lowest BCUT2D eigenvalue weighted by Gasteiger charge is -2.20. The number of carbonyl (C=O) groups is 1. The number of carbonyl (C=O) groups excluding carboxylic acids is 1. The minimum atomic E-state index is -4.58. The van der Waals surface area contributed by atoms with Crippen LogP contribution in [0.5, 0.6) is 11.5 Å². The number of likely N-dealkylation sites (tertiary alicyclic amines) is 1. The Balaban J connectivity index is 2.16. The van der Waals surface area contributed by atoms with E-state index in [1.165, 1.54) is 19.1 Å². The van der Waals surface area contributed by atoms with Crippen LogP contribution >= 0.6 is 0 Å². The monoisotopic (exact) mass is 331 g/mol. The van der Waals surface area contributed by atoms with Crippen molar-refractivity contribution in [3.63, 3.8) is 0 Å². The molecule has 1 aromatic carbocycles. The molecule has 2 rings (SSSR count). The molecule has 0 aromatic heterocycles. The molecule has 0 bridgehead atoms. The van der Waals surface area contributed by atoms with Gasteiger partial charge in [-0.3, -0.25) is 4.79 Å². The first-order valence-electron chi connectivity index (χ1n) is 6.74. The molecular formula is C14H18FNO5S. The Labute approximate surface area is 129 Å². The molecular weight excluding hydrogens is 313 g/mol. The van der Waals surface area contributed by atoms with Crippen LogP contribution in [-0.2, 0) is 21.6 Å². The summed E-state index contributed by atoms with van der Waals surface area (Å²) >= 11 is 0. The normalized spacial score (nSPS) is 18.6. The fraction of sp³-hybridized carbons (Fsp3) is 0.500. The van der Waals surface area contributed by atoms with E-state index in [2.05, 4.69) is 0 Å². The predicted octanol–water partition coefficient (Wildman–Crippen LogP) is 1.35. The number of hydrogen-bond acceptors (Lipinski definition) is 5. The number of rotatable bonds is 6. The number of hydrogen-bond donors (Lipinski definition) is 0. The van der Waals surface area contributed by atoms with Crippen LogP contribution in [0.15, 0.2) is 18.2 Å². The highest BCUT2D eigenvalue weighted by Gasteiger charge is 2.33. The number of benzene rings is 1. The van der Waals surface area contributed by atoms with Gasteiger partial charge in [-0.1, -0.05) is 6.07 Å². The molecule has 122 valence electrons. The lowest BCUT2D eigenvalue weighted by atomic mass is 10.1. The highest BCUT2D eigenvalue weighted by molar-refractivity contribution is 7.86. The Kier molecular flexibility index (Phi) is 4.90. The summed E-state index contributed by atoms with van der Waals surface area (Å²) in [5, 5.41) is 0. The largest absolute Gasteiger partial charge is 0.496 e. The van der Waals surface area contributed by atoms with Crippen LogP contribution < -0.4 is 9.47 Å². The lowest BCUT2D eigenvalue weighted by Crippen LogP contribution is -2.26. The third-order valence-corrected chi connectivity index (χ3v) is 4.48. The maximum absolute atomic E-state index is 12.8. The second-order valence-corrected chi connectivity index (χ2v) is 6.60. The molecule has 22 heavy (non-hydrogen) atoms. The van der Waals surface area contributed by atoms with E-state index in [-0.39, 0.29) is 25.4 Å². The van der Waals surface area contributed by atoms with Crippen molar-refractivity contribution in [2.24, 2.45) is 5.92 Å². The van der Waals surface area contributed by atoms with Crippen molar-refractivity contribution in [2.75, 3.05) is 26.5 Å². The zero-order chi connectivity index (χ0) is 16.3. The molecule has 1 aliphatic rings.